The number of fused-ring (bicyclic) bond motifs is 1. The molecule has 17 heavy (non-hydrogen) atoms. The van der Waals surface area contributed by atoms with E-state index < -0.39 is 0 Å². The van der Waals surface area contributed by atoms with Crippen molar-refractivity contribution < 1.29 is 0 Å². The van der Waals surface area contributed by atoms with Crippen LogP contribution in [0.5, 0.6) is 0 Å². The zero-order chi connectivity index (χ0) is 11.7. The molecule has 0 aromatic carbocycles. The Bertz CT molecular complexity index is 540. The van der Waals surface area contributed by atoms with E-state index in [9.17, 15) is 0 Å². The molecule has 0 atom stereocenters. The van der Waals surface area contributed by atoms with Crippen LogP contribution in [0.4, 0.5) is 10.8 Å². The summed E-state index contributed by atoms with van der Waals surface area (Å²) in [5.41, 5.74) is 2.33. The van der Waals surface area contributed by atoms with Crippen molar-refractivity contribution in [2.75, 3.05) is 11.9 Å². The van der Waals surface area contributed by atoms with E-state index in [1.54, 1.807) is 17.7 Å². The molecular weight excluding hydrogens is 300 g/mol. The monoisotopic (exact) mass is 310 g/mol. The first-order chi connectivity index (χ1) is 8.33. The molecule has 0 saturated heterocycles. The van der Waals surface area contributed by atoms with Gasteiger partial charge in [-0.15, -0.1) is 11.3 Å². The molecule has 2 aromatic rings. The Morgan fingerprint density at radius 1 is 1.35 bits per heavy atom. The minimum absolute atomic E-state index is 0.838. The third-order valence-electron chi connectivity index (χ3n) is 2.69. The Labute approximate surface area is 112 Å². The number of aromatic nitrogens is 2. The molecule has 4 nitrogen and oxygen atoms in total. The fourth-order valence-electron chi connectivity index (χ4n) is 1.88. The van der Waals surface area contributed by atoms with Crippen LogP contribution in [0.15, 0.2) is 22.2 Å². The van der Waals surface area contributed by atoms with E-state index in [0.717, 1.165) is 39.8 Å². The molecule has 0 fully saturated rings. The molecule has 0 aliphatic carbocycles. The standard InChI is InChI=1S/C11H11BrN4S/c12-9-1-2-10(17-9)16-11-7-5-13-4-3-8(7)14-6-15-11/h1-2,6,13H,3-5H2,(H,14,15,16). The molecule has 2 N–H and O–H groups in total. The number of anilines is 2. The summed E-state index contributed by atoms with van der Waals surface area (Å²) in [6.07, 6.45) is 2.61. The van der Waals surface area contributed by atoms with Crippen molar-refractivity contribution in [2.45, 2.75) is 13.0 Å². The van der Waals surface area contributed by atoms with Crippen LogP contribution in [0, 0.1) is 0 Å². The van der Waals surface area contributed by atoms with Crippen LogP contribution in [0.2, 0.25) is 0 Å². The Morgan fingerprint density at radius 3 is 3.12 bits per heavy atom. The maximum absolute atomic E-state index is 4.33. The zero-order valence-corrected chi connectivity index (χ0v) is 11.4. The molecule has 0 radical (unpaired) electrons. The summed E-state index contributed by atoms with van der Waals surface area (Å²) in [4.78, 5) is 8.66. The molecule has 0 spiro atoms. The molecule has 3 rings (SSSR count). The van der Waals surface area contributed by atoms with Crippen molar-refractivity contribution in [3.8, 4) is 0 Å². The molecule has 2 aromatic heterocycles. The van der Waals surface area contributed by atoms with Crippen LogP contribution in [-0.2, 0) is 13.0 Å². The van der Waals surface area contributed by atoms with Crippen LogP contribution in [-0.4, -0.2) is 16.5 Å². The molecule has 88 valence electrons. The van der Waals surface area contributed by atoms with Gasteiger partial charge in [-0.05, 0) is 28.1 Å². The van der Waals surface area contributed by atoms with E-state index in [4.69, 9.17) is 0 Å². The van der Waals surface area contributed by atoms with E-state index >= 15 is 0 Å². The van der Waals surface area contributed by atoms with Crippen LogP contribution < -0.4 is 10.6 Å². The fraction of sp³-hybridized carbons (Fsp3) is 0.273. The van der Waals surface area contributed by atoms with Crippen molar-refractivity contribution in [1.82, 2.24) is 15.3 Å². The van der Waals surface area contributed by atoms with Gasteiger partial charge in [0.2, 0.25) is 0 Å². The molecule has 3 heterocycles. The second kappa shape index (κ2) is 4.72. The normalized spacial score (nSPS) is 14.4. The predicted octanol–water partition coefficient (Wildman–Crippen LogP) is 2.69. The van der Waals surface area contributed by atoms with E-state index in [1.807, 2.05) is 12.1 Å². The molecule has 1 aliphatic heterocycles. The van der Waals surface area contributed by atoms with Gasteiger partial charge in [0, 0.05) is 25.1 Å². The third-order valence-corrected chi connectivity index (χ3v) is 4.23. The predicted molar refractivity (Wildman–Crippen MR) is 72.7 cm³/mol. The summed E-state index contributed by atoms with van der Waals surface area (Å²) in [5.74, 6) is 0.913. The first-order valence-electron chi connectivity index (χ1n) is 5.39. The lowest BCUT2D eigenvalue weighted by Crippen LogP contribution is -2.25. The highest BCUT2D eigenvalue weighted by atomic mass is 79.9. The Kier molecular flexibility index (Phi) is 3.09. The van der Waals surface area contributed by atoms with Gasteiger partial charge in [0.25, 0.3) is 0 Å². The largest absolute Gasteiger partial charge is 0.332 e. The van der Waals surface area contributed by atoms with Gasteiger partial charge in [-0.3, -0.25) is 0 Å². The SMILES string of the molecule is Brc1ccc(Nc2ncnc3c2CNCC3)s1. The number of nitrogens with one attached hydrogen (secondary N) is 2. The third kappa shape index (κ3) is 2.34. The van der Waals surface area contributed by atoms with Crippen LogP contribution in [0.1, 0.15) is 11.3 Å². The number of hydrogen-bond donors (Lipinski definition) is 2. The highest BCUT2D eigenvalue weighted by Gasteiger charge is 2.15. The van der Waals surface area contributed by atoms with Crippen LogP contribution in [0.3, 0.4) is 0 Å². The second-order valence-electron chi connectivity index (χ2n) is 3.80. The number of thiophene rings is 1. The van der Waals surface area contributed by atoms with E-state index in [1.165, 1.54) is 5.56 Å². The summed E-state index contributed by atoms with van der Waals surface area (Å²) in [6, 6.07) is 4.07. The van der Waals surface area contributed by atoms with Gasteiger partial charge in [0.05, 0.1) is 14.5 Å². The Morgan fingerprint density at radius 2 is 2.29 bits per heavy atom. The Balaban J connectivity index is 1.92. The summed E-state index contributed by atoms with van der Waals surface area (Å²) in [6.45, 7) is 1.83. The molecule has 0 amide bonds. The lowest BCUT2D eigenvalue weighted by Gasteiger charge is -2.18. The number of nitrogens with zero attached hydrogens (tertiary/aromatic N) is 2. The molecule has 1 aliphatic rings. The van der Waals surface area contributed by atoms with Crippen molar-refractivity contribution in [3.63, 3.8) is 0 Å². The van der Waals surface area contributed by atoms with Crippen molar-refractivity contribution >= 4 is 38.1 Å². The van der Waals surface area contributed by atoms with Crippen molar-refractivity contribution in [1.29, 1.82) is 0 Å². The Hall–Kier alpha value is -0.980. The number of rotatable bonds is 2. The first-order valence-corrected chi connectivity index (χ1v) is 7.00. The molecule has 0 bridgehead atoms. The van der Waals surface area contributed by atoms with E-state index in [-0.39, 0.29) is 0 Å². The lowest BCUT2D eigenvalue weighted by molar-refractivity contribution is 0.628. The minimum atomic E-state index is 0.838. The highest BCUT2D eigenvalue weighted by molar-refractivity contribution is 9.11. The summed E-state index contributed by atoms with van der Waals surface area (Å²) < 4.78 is 1.11. The highest BCUT2D eigenvalue weighted by Crippen LogP contribution is 2.30. The van der Waals surface area contributed by atoms with Crippen molar-refractivity contribution in [2.24, 2.45) is 0 Å². The minimum Gasteiger partial charge on any atom is -0.332 e. The van der Waals surface area contributed by atoms with Gasteiger partial charge < -0.3 is 10.6 Å². The summed E-state index contributed by atoms with van der Waals surface area (Å²) >= 11 is 5.11. The second-order valence-corrected chi connectivity index (χ2v) is 6.27. The smallest absolute Gasteiger partial charge is 0.139 e. The molecule has 6 heteroatoms. The maximum atomic E-state index is 4.33. The lowest BCUT2D eigenvalue weighted by atomic mass is 10.1. The van der Waals surface area contributed by atoms with Crippen LogP contribution in [0.25, 0.3) is 0 Å². The van der Waals surface area contributed by atoms with Gasteiger partial charge in [-0.1, -0.05) is 0 Å². The van der Waals surface area contributed by atoms with Gasteiger partial charge in [-0.2, -0.15) is 0 Å². The maximum Gasteiger partial charge on any atom is 0.139 e. The van der Waals surface area contributed by atoms with Gasteiger partial charge in [-0.25, -0.2) is 9.97 Å². The zero-order valence-electron chi connectivity index (χ0n) is 9.03. The average molecular weight is 311 g/mol. The molecule has 0 saturated carbocycles. The molecular formula is C11H11BrN4S. The van der Waals surface area contributed by atoms with E-state index in [0.29, 0.717) is 0 Å². The number of hydrogen-bond acceptors (Lipinski definition) is 5. The van der Waals surface area contributed by atoms with Crippen molar-refractivity contribution in [3.05, 3.63) is 33.5 Å². The fourth-order valence-corrected chi connectivity index (χ4v) is 3.16. The first kappa shape index (κ1) is 11.1. The average Bonchev–Trinajstić information content (AvgIpc) is 2.75. The quantitative estimate of drug-likeness (QED) is 0.895. The van der Waals surface area contributed by atoms with Crippen LogP contribution >= 0.6 is 27.3 Å². The van der Waals surface area contributed by atoms with Gasteiger partial charge >= 0.3 is 0 Å². The summed E-state index contributed by atoms with van der Waals surface area (Å²) in [5, 5.41) is 7.78. The van der Waals surface area contributed by atoms with Gasteiger partial charge in [0.1, 0.15) is 12.1 Å². The van der Waals surface area contributed by atoms with E-state index in [2.05, 4.69) is 36.5 Å². The summed E-state index contributed by atoms with van der Waals surface area (Å²) in [7, 11) is 0. The topological polar surface area (TPSA) is 49.8 Å². The number of halogens is 1. The molecule has 0 unspecified atom stereocenters. The van der Waals surface area contributed by atoms with Gasteiger partial charge in [0.15, 0.2) is 0 Å².